The quantitative estimate of drug-likeness (QED) is 0.763. The Labute approximate surface area is 79.6 Å². The summed E-state index contributed by atoms with van der Waals surface area (Å²) in [6.07, 6.45) is 1.11. The topological polar surface area (TPSA) is 37.3 Å². The van der Waals surface area contributed by atoms with Crippen molar-refractivity contribution in [2.75, 3.05) is 5.75 Å². The van der Waals surface area contributed by atoms with Gasteiger partial charge in [-0.3, -0.25) is 0 Å². The summed E-state index contributed by atoms with van der Waals surface area (Å²) >= 11 is 2.99. The van der Waals surface area contributed by atoms with Crippen molar-refractivity contribution < 1.29 is 9.90 Å². The lowest BCUT2D eigenvalue weighted by Gasteiger charge is -1.91. The van der Waals surface area contributed by atoms with Crippen LogP contribution < -0.4 is 0 Å². The minimum atomic E-state index is -0.830. The molecule has 0 saturated carbocycles. The average Bonchev–Trinajstić information content (AvgIpc) is 2.48. The van der Waals surface area contributed by atoms with Gasteiger partial charge in [0.25, 0.3) is 0 Å². The van der Waals surface area contributed by atoms with Crippen LogP contribution in [0.5, 0.6) is 0 Å². The first kappa shape index (κ1) is 9.61. The highest BCUT2D eigenvalue weighted by atomic mass is 32.2. The summed E-state index contributed by atoms with van der Waals surface area (Å²) in [4.78, 5) is 12.0. The zero-order valence-electron chi connectivity index (χ0n) is 6.74. The van der Waals surface area contributed by atoms with Crippen LogP contribution in [-0.2, 0) is 0 Å². The van der Waals surface area contributed by atoms with Gasteiger partial charge >= 0.3 is 5.97 Å². The second kappa shape index (κ2) is 4.52. The highest BCUT2D eigenvalue weighted by molar-refractivity contribution is 7.99. The molecule has 0 aliphatic rings. The van der Waals surface area contributed by atoms with Crippen LogP contribution in [0.4, 0.5) is 0 Å². The van der Waals surface area contributed by atoms with E-state index in [0.717, 1.165) is 17.1 Å². The van der Waals surface area contributed by atoms with E-state index >= 15 is 0 Å². The first-order valence-corrected chi connectivity index (χ1v) is 5.55. The summed E-state index contributed by atoms with van der Waals surface area (Å²) < 4.78 is 0. The molecule has 0 aliphatic heterocycles. The molecule has 0 aromatic carbocycles. The maximum atomic E-state index is 10.5. The van der Waals surface area contributed by atoms with Gasteiger partial charge in [0.15, 0.2) is 0 Å². The molecule has 1 aromatic heterocycles. The van der Waals surface area contributed by atoms with E-state index in [9.17, 15) is 4.79 Å². The van der Waals surface area contributed by atoms with Crippen molar-refractivity contribution in [1.29, 1.82) is 0 Å². The number of carbonyl (C=O) groups is 1. The Morgan fingerprint density at radius 3 is 3.00 bits per heavy atom. The van der Waals surface area contributed by atoms with Gasteiger partial charge in [-0.15, -0.1) is 23.1 Å². The van der Waals surface area contributed by atoms with Gasteiger partial charge in [0.2, 0.25) is 0 Å². The van der Waals surface area contributed by atoms with Gasteiger partial charge in [0, 0.05) is 10.3 Å². The van der Waals surface area contributed by atoms with E-state index in [-0.39, 0.29) is 0 Å². The van der Waals surface area contributed by atoms with Gasteiger partial charge in [-0.2, -0.15) is 0 Å². The Hall–Kier alpha value is -0.480. The van der Waals surface area contributed by atoms with Crippen LogP contribution in [0.1, 0.15) is 23.0 Å². The molecule has 66 valence electrons. The van der Waals surface area contributed by atoms with Crippen molar-refractivity contribution >= 4 is 29.1 Å². The molecular formula is C8H10O2S2. The lowest BCUT2D eigenvalue weighted by Crippen LogP contribution is -1.89. The smallest absolute Gasteiger partial charge is 0.345 e. The zero-order valence-corrected chi connectivity index (χ0v) is 8.37. The molecule has 0 aliphatic carbocycles. The van der Waals surface area contributed by atoms with Crippen molar-refractivity contribution in [1.82, 2.24) is 0 Å². The fraction of sp³-hybridized carbons (Fsp3) is 0.375. The first-order chi connectivity index (χ1) is 5.74. The third-order valence-corrected chi connectivity index (χ3v) is 3.51. The number of carboxylic acid groups (broad SMARTS) is 1. The van der Waals surface area contributed by atoms with Gasteiger partial charge in [-0.25, -0.2) is 4.79 Å². The second-order valence-electron chi connectivity index (χ2n) is 2.30. The summed E-state index contributed by atoms with van der Waals surface area (Å²) in [5.41, 5.74) is 0. The summed E-state index contributed by atoms with van der Waals surface area (Å²) in [6.45, 7) is 2.11. The average molecular weight is 202 g/mol. The second-order valence-corrected chi connectivity index (χ2v) is 4.38. The largest absolute Gasteiger partial charge is 0.477 e. The van der Waals surface area contributed by atoms with Crippen LogP contribution >= 0.6 is 23.1 Å². The minimum Gasteiger partial charge on any atom is -0.477 e. The Balaban J connectivity index is 2.58. The molecule has 0 radical (unpaired) electrons. The van der Waals surface area contributed by atoms with Gasteiger partial charge in [-0.05, 0) is 18.2 Å². The van der Waals surface area contributed by atoms with Gasteiger partial charge < -0.3 is 5.11 Å². The lowest BCUT2D eigenvalue weighted by molar-refractivity contribution is 0.0702. The van der Waals surface area contributed by atoms with Gasteiger partial charge in [-0.1, -0.05) is 6.92 Å². The van der Waals surface area contributed by atoms with Crippen molar-refractivity contribution in [2.45, 2.75) is 18.2 Å². The number of thioether (sulfide) groups is 1. The Morgan fingerprint density at radius 2 is 2.50 bits per heavy atom. The molecule has 1 N–H and O–H groups in total. The van der Waals surface area contributed by atoms with Crippen LogP contribution in [0.2, 0.25) is 0 Å². The number of carboxylic acids is 1. The van der Waals surface area contributed by atoms with Crippen molar-refractivity contribution in [3.8, 4) is 0 Å². The number of thiophene rings is 1. The van der Waals surface area contributed by atoms with Crippen LogP contribution in [-0.4, -0.2) is 16.8 Å². The molecule has 4 heteroatoms. The third-order valence-electron chi connectivity index (χ3n) is 1.26. The highest BCUT2D eigenvalue weighted by Gasteiger charge is 2.05. The molecule has 0 unspecified atom stereocenters. The van der Waals surface area contributed by atoms with E-state index in [0.29, 0.717) is 4.88 Å². The summed E-state index contributed by atoms with van der Waals surface area (Å²) in [7, 11) is 0. The minimum absolute atomic E-state index is 0.425. The zero-order chi connectivity index (χ0) is 8.97. The number of hydrogen-bond donors (Lipinski definition) is 1. The van der Waals surface area contributed by atoms with Gasteiger partial charge in [0.05, 0.1) is 0 Å². The van der Waals surface area contributed by atoms with E-state index < -0.39 is 5.97 Å². The molecule has 0 spiro atoms. The van der Waals surface area contributed by atoms with Crippen LogP contribution in [0.15, 0.2) is 16.3 Å². The SMILES string of the molecule is CCCSc1csc(C(=O)O)c1. The third kappa shape index (κ3) is 2.53. The normalized spacial score (nSPS) is 10.1. The Bertz CT molecular complexity index is 268. The number of rotatable bonds is 4. The van der Waals surface area contributed by atoms with Crippen LogP contribution in [0, 0.1) is 0 Å². The Kier molecular flexibility index (Phi) is 3.62. The highest BCUT2D eigenvalue weighted by Crippen LogP contribution is 2.24. The lowest BCUT2D eigenvalue weighted by atomic mass is 10.5. The molecule has 0 atom stereocenters. The first-order valence-electron chi connectivity index (χ1n) is 3.68. The van der Waals surface area contributed by atoms with E-state index in [4.69, 9.17) is 5.11 Å². The standard InChI is InChI=1S/C8H10O2S2/c1-2-3-11-6-4-7(8(9)10)12-5-6/h4-5H,2-3H2,1H3,(H,9,10). The van der Waals surface area contributed by atoms with Crippen molar-refractivity contribution in [2.24, 2.45) is 0 Å². The predicted octanol–water partition coefficient (Wildman–Crippen LogP) is 2.95. The molecule has 0 saturated heterocycles. The van der Waals surface area contributed by atoms with E-state index in [1.54, 1.807) is 17.8 Å². The van der Waals surface area contributed by atoms with E-state index in [1.165, 1.54) is 11.3 Å². The molecule has 0 bridgehead atoms. The van der Waals surface area contributed by atoms with E-state index in [2.05, 4.69) is 6.92 Å². The fourth-order valence-corrected chi connectivity index (χ4v) is 2.47. The maximum absolute atomic E-state index is 10.5. The van der Waals surface area contributed by atoms with Crippen molar-refractivity contribution in [3.63, 3.8) is 0 Å². The van der Waals surface area contributed by atoms with Gasteiger partial charge in [0.1, 0.15) is 4.88 Å². The fourth-order valence-electron chi connectivity index (χ4n) is 0.727. The van der Waals surface area contributed by atoms with Crippen molar-refractivity contribution in [3.05, 3.63) is 16.3 Å². The summed E-state index contributed by atoms with van der Waals surface area (Å²) in [5.74, 6) is 0.221. The predicted molar refractivity (Wildman–Crippen MR) is 52.3 cm³/mol. The maximum Gasteiger partial charge on any atom is 0.345 e. The molecule has 0 amide bonds. The molecule has 1 heterocycles. The molecular weight excluding hydrogens is 192 g/mol. The molecule has 2 nitrogen and oxygen atoms in total. The van der Waals surface area contributed by atoms with Crippen LogP contribution in [0.3, 0.4) is 0 Å². The van der Waals surface area contributed by atoms with Crippen LogP contribution in [0.25, 0.3) is 0 Å². The summed E-state index contributed by atoms with van der Waals surface area (Å²) in [5, 5.41) is 10.5. The Morgan fingerprint density at radius 1 is 1.75 bits per heavy atom. The molecule has 0 fully saturated rings. The molecule has 1 aromatic rings. The monoisotopic (exact) mass is 202 g/mol. The summed E-state index contributed by atoms with van der Waals surface area (Å²) in [6, 6.07) is 1.73. The molecule has 1 rings (SSSR count). The van der Waals surface area contributed by atoms with E-state index in [1.807, 2.05) is 5.38 Å². The number of hydrogen-bond acceptors (Lipinski definition) is 3. The number of aromatic carboxylic acids is 1. The molecule has 12 heavy (non-hydrogen) atoms.